The maximum Gasteiger partial charge on any atom is 0.360 e. The summed E-state index contributed by atoms with van der Waals surface area (Å²) >= 11 is 0. The van der Waals surface area contributed by atoms with E-state index in [9.17, 15) is 9.59 Å². The summed E-state index contributed by atoms with van der Waals surface area (Å²) in [7, 11) is 2.99. The number of aromatic nitrogens is 2. The number of hydrogen-bond donors (Lipinski definition) is 1. The van der Waals surface area contributed by atoms with Crippen LogP contribution < -0.4 is 5.32 Å². The van der Waals surface area contributed by atoms with Crippen LogP contribution in [0.1, 0.15) is 36.5 Å². The first-order valence-electron chi connectivity index (χ1n) is 5.85. The second-order valence-electron chi connectivity index (χ2n) is 4.22. The molecule has 0 saturated heterocycles. The van der Waals surface area contributed by atoms with Gasteiger partial charge < -0.3 is 10.1 Å². The van der Waals surface area contributed by atoms with E-state index in [-0.39, 0.29) is 17.5 Å². The molecule has 0 radical (unpaired) electrons. The zero-order valence-electron chi connectivity index (χ0n) is 11.4. The number of methoxy groups -OCH3 is 1. The van der Waals surface area contributed by atoms with Gasteiger partial charge in [0.2, 0.25) is 5.91 Å². The van der Waals surface area contributed by atoms with E-state index >= 15 is 0 Å². The normalized spacial score (nSPS) is 12.1. The number of aryl methyl sites for hydroxylation is 1. The van der Waals surface area contributed by atoms with Crippen LogP contribution in [-0.4, -0.2) is 28.8 Å². The molecule has 6 nitrogen and oxygen atoms in total. The van der Waals surface area contributed by atoms with Gasteiger partial charge in [-0.15, -0.1) is 0 Å². The Morgan fingerprint density at radius 2 is 2.11 bits per heavy atom. The number of carbonyl (C=O) groups is 2. The highest BCUT2D eigenvalue weighted by Gasteiger charge is 2.23. The van der Waals surface area contributed by atoms with Gasteiger partial charge in [-0.1, -0.05) is 13.8 Å². The number of esters is 1. The second-order valence-corrected chi connectivity index (χ2v) is 4.22. The van der Waals surface area contributed by atoms with E-state index in [2.05, 4.69) is 15.2 Å². The first-order chi connectivity index (χ1) is 8.42. The fourth-order valence-electron chi connectivity index (χ4n) is 1.43. The Balaban J connectivity index is 3.07. The van der Waals surface area contributed by atoms with Crippen molar-refractivity contribution in [2.24, 2.45) is 13.0 Å². The average Bonchev–Trinajstić information content (AvgIpc) is 2.64. The lowest BCUT2D eigenvalue weighted by atomic mass is 10.1. The SMILES string of the molecule is CCC(C)C(=O)Nc1c(C(=O)OC)nn(C)c1C. The monoisotopic (exact) mass is 253 g/mol. The van der Waals surface area contributed by atoms with E-state index in [4.69, 9.17) is 0 Å². The number of nitrogens with zero attached hydrogens (tertiary/aromatic N) is 2. The minimum absolute atomic E-state index is 0.116. The number of anilines is 1. The highest BCUT2D eigenvalue weighted by atomic mass is 16.5. The lowest BCUT2D eigenvalue weighted by Crippen LogP contribution is -2.21. The van der Waals surface area contributed by atoms with Crippen molar-refractivity contribution in [3.05, 3.63) is 11.4 Å². The third-order valence-corrected chi connectivity index (χ3v) is 3.02. The van der Waals surface area contributed by atoms with Crippen molar-refractivity contribution in [1.82, 2.24) is 9.78 Å². The first kappa shape index (κ1) is 14.2. The number of hydrogen-bond acceptors (Lipinski definition) is 4. The highest BCUT2D eigenvalue weighted by molar-refractivity contribution is 6.01. The van der Waals surface area contributed by atoms with Crippen LogP contribution in [0.3, 0.4) is 0 Å². The zero-order chi connectivity index (χ0) is 13.9. The molecule has 0 bridgehead atoms. The van der Waals surface area contributed by atoms with Crippen LogP contribution in [-0.2, 0) is 16.6 Å². The second kappa shape index (κ2) is 5.66. The molecule has 0 aliphatic carbocycles. The van der Waals surface area contributed by atoms with Crippen LogP contribution in [0.5, 0.6) is 0 Å². The van der Waals surface area contributed by atoms with E-state index in [1.54, 1.807) is 18.7 Å². The minimum atomic E-state index is -0.557. The molecule has 0 saturated carbocycles. The van der Waals surface area contributed by atoms with Gasteiger partial charge in [-0.25, -0.2) is 4.79 Å². The quantitative estimate of drug-likeness (QED) is 0.825. The molecule has 1 atom stereocenters. The van der Waals surface area contributed by atoms with Gasteiger partial charge in [0.25, 0.3) is 0 Å². The van der Waals surface area contributed by atoms with Crippen molar-refractivity contribution in [1.29, 1.82) is 0 Å². The number of carbonyl (C=O) groups excluding carboxylic acids is 2. The topological polar surface area (TPSA) is 73.2 Å². The molecule has 1 unspecified atom stereocenters. The molecule has 100 valence electrons. The van der Waals surface area contributed by atoms with Gasteiger partial charge in [0.05, 0.1) is 18.5 Å². The lowest BCUT2D eigenvalue weighted by Gasteiger charge is -2.10. The molecule has 1 heterocycles. The van der Waals surface area contributed by atoms with Gasteiger partial charge in [0.15, 0.2) is 5.69 Å². The van der Waals surface area contributed by atoms with Crippen molar-refractivity contribution < 1.29 is 14.3 Å². The summed E-state index contributed by atoms with van der Waals surface area (Å²) in [5, 5.41) is 6.79. The van der Waals surface area contributed by atoms with E-state index in [0.29, 0.717) is 11.4 Å². The van der Waals surface area contributed by atoms with Crippen LogP contribution in [0.15, 0.2) is 0 Å². The molecule has 0 aromatic carbocycles. The number of rotatable bonds is 4. The van der Waals surface area contributed by atoms with Gasteiger partial charge in [-0.05, 0) is 13.3 Å². The standard InChI is InChI=1S/C12H19N3O3/c1-6-7(2)11(16)13-9-8(3)15(4)14-10(9)12(17)18-5/h7H,6H2,1-5H3,(H,13,16). The third kappa shape index (κ3) is 2.69. The Morgan fingerprint density at radius 1 is 1.50 bits per heavy atom. The predicted molar refractivity (Wildman–Crippen MR) is 67.4 cm³/mol. The van der Waals surface area contributed by atoms with Crippen molar-refractivity contribution in [3.8, 4) is 0 Å². The molecule has 0 aliphatic rings. The van der Waals surface area contributed by atoms with Crippen LogP contribution in [0.2, 0.25) is 0 Å². The van der Waals surface area contributed by atoms with Gasteiger partial charge in [0, 0.05) is 13.0 Å². The lowest BCUT2D eigenvalue weighted by molar-refractivity contribution is -0.119. The minimum Gasteiger partial charge on any atom is -0.464 e. The van der Waals surface area contributed by atoms with Crippen molar-refractivity contribution in [2.45, 2.75) is 27.2 Å². The van der Waals surface area contributed by atoms with Crippen LogP contribution in [0, 0.1) is 12.8 Å². The molecule has 1 amide bonds. The Morgan fingerprint density at radius 3 is 2.61 bits per heavy atom. The largest absolute Gasteiger partial charge is 0.464 e. The zero-order valence-corrected chi connectivity index (χ0v) is 11.4. The molecule has 18 heavy (non-hydrogen) atoms. The number of ether oxygens (including phenoxy) is 1. The van der Waals surface area contributed by atoms with Crippen LogP contribution in [0.25, 0.3) is 0 Å². The first-order valence-corrected chi connectivity index (χ1v) is 5.85. The van der Waals surface area contributed by atoms with E-state index in [1.165, 1.54) is 7.11 Å². The predicted octanol–water partition coefficient (Wildman–Crippen LogP) is 1.50. The number of amides is 1. The number of nitrogens with one attached hydrogen (secondary N) is 1. The molecule has 0 fully saturated rings. The Hall–Kier alpha value is -1.85. The summed E-state index contributed by atoms with van der Waals surface area (Å²) in [5.41, 5.74) is 1.27. The fourth-order valence-corrected chi connectivity index (χ4v) is 1.43. The summed E-state index contributed by atoms with van der Waals surface area (Å²) in [6.07, 6.45) is 0.735. The van der Waals surface area contributed by atoms with Crippen molar-refractivity contribution >= 4 is 17.6 Å². The molecule has 0 aliphatic heterocycles. The van der Waals surface area contributed by atoms with Gasteiger partial charge in [-0.2, -0.15) is 5.10 Å². The molecule has 1 N–H and O–H groups in total. The fraction of sp³-hybridized carbons (Fsp3) is 0.583. The molecular weight excluding hydrogens is 234 g/mol. The van der Waals surface area contributed by atoms with Crippen molar-refractivity contribution in [2.75, 3.05) is 12.4 Å². The molecule has 1 rings (SSSR count). The maximum atomic E-state index is 11.9. The van der Waals surface area contributed by atoms with E-state index in [1.807, 2.05) is 13.8 Å². The summed E-state index contributed by atoms with van der Waals surface area (Å²) in [6.45, 7) is 5.55. The molecular formula is C12H19N3O3. The highest BCUT2D eigenvalue weighted by Crippen LogP contribution is 2.21. The van der Waals surface area contributed by atoms with E-state index < -0.39 is 5.97 Å². The molecule has 6 heteroatoms. The summed E-state index contributed by atoms with van der Waals surface area (Å²) in [6, 6.07) is 0. The molecule has 1 aromatic rings. The van der Waals surface area contributed by atoms with Gasteiger partial charge in [0.1, 0.15) is 0 Å². The Labute approximate surface area is 106 Å². The summed E-state index contributed by atoms with van der Waals surface area (Å²) < 4.78 is 6.19. The smallest absolute Gasteiger partial charge is 0.360 e. The van der Waals surface area contributed by atoms with Crippen LogP contribution >= 0.6 is 0 Å². The summed E-state index contributed by atoms with van der Waals surface area (Å²) in [5.74, 6) is -0.799. The molecule has 0 spiro atoms. The summed E-state index contributed by atoms with van der Waals surface area (Å²) in [4.78, 5) is 23.4. The van der Waals surface area contributed by atoms with Crippen molar-refractivity contribution in [3.63, 3.8) is 0 Å². The van der Waals surface area contributed by atoms with Gasteiger partial charge >= 0.3 is 5.97 Å². The van der Waals surface area contributed by atoms with E-state index in [0.717, 1.165) is 6.42 Å². The average molecular weight is 253 g/mol. The van der Waals surface area contributed by atoms with Gasteiger partial charge in [-0.3, -0.25) is 9.48 Å². The molecule has 1 aromatic heterocycles. The third-order valence-electron chi connectivity index (χ3n) is 3.02. The Bertz CT molecular complexity index is 465. The Kier molecular flexibility index (Phi) is 4.47. The maximum absolute atomic E-state index is 11.9. The van der Waals surface area contributed by atoms with Crippen LogP contribution in [0.4, 0.5) is 5.69 Å².